The molecule has 19 heavy (non-hydrogen) atoms. The van der Waals surface area contributed by atoms with E-state index < -0.39 is 0 Å². The minimum Gasteiger partial charge on any atom is -0.493 e. The van der Waals surface area contributed by atoms with Gasteiger partial charge in [0.2, 0.25) is 0 Å². The SMILES string of the molecule is CCC(CC)C(NN)c1cc(Cl)c(OC)c(OC)c1. The lowest BCUT2D eigenvalue weighted by Gasteiger charge is -2.26. The van der Waals surface area contributed by atoms with E-state index in [1.165, 1.54) is 0 Å². The van der Waals surface area contributed by atoms with Crippen LogP contribution in [0.2, 0.25) is 5.02 Å². The maximum absolute atomic E-state index is 6.23. The van der Waals surface area contributed by atoms with E-state index in [9.17, 15) is 0 Å². The van der Waals surface area contributed by atoms with E-state index in [0.29, 0.717) is 22.4 Å². The molecular formula is C14H23ClN2O2. The van der Waals surface area contributed by atoms with Gasteiger partial charge < -0.3 is 9.47 Å². The van der Waals surface area contributed by atoms with Crippen LogP contribution in [0.25, 0.3) is 0 Å². The first-order valence-electron chi connectivity index (χ1n) is 6.50. The van der Waals surface area contributed by atoms with Crippen LogP contribution in [-0.2, 0) is 0 Å². The Kier molecular flexibility index (Phi) is 6.42. The third-order valence-corrected chi connectivity index (χ3v) is 3.80. The molecule has 0 bridgehead atoms. The van der Waals surface area contributed by atoms with Crippen LogP contribution in [0.5, 0.6) is 11.5 Å². The van der Waals surface area contributed by atoms with Gasteiger partial charge in [-0.25, -0.2) is 0 Å². The Morgan fingerprint density at radius 3 is 2.26 bits per heavy atom. The summed E-state index contributed by atoms with van der Waals surface area (Å²) >= 11 is 6.23. The summed E-state index contributed by atoms with van der Waals surface area (Å²) in [7, 11) is 3.17. The standard InChI is InChI=1S/C14H23ClN2O2/c1-5-9(6-2)13(17-16)10-7-11(15)14(19-4)12(8-10)18-3/h7-9,13,17H,5-6,16H2,1-4H3. The molecule has 3 N–H and O–H groups in total. The van der Waals surface area contributed by atoms with Crippen molar-refractivity contribution in [1.82, 2.24) is 5.43 Å². The molecule has 0 aromatic heterocycles. The highest BCUT2D eigenvalue weighted by Gasteiger charge is 2.22. The van der Waals surface area contributed by atoms with Crippen molar-refractivity contribution in [3.05, 3.63) is 22.7 Å². The van der Waals surface area contributed by atoms with E-state index in [1.54, 1.807) is 14.2 Å². The first-order valence-corrected chi connectivity index (χ1v) is 6.88. The number of nitrogens with one attached hydrogen (secondary N) is 1. The zero-order chi connectivity index (χ0) is 14.4. The molecule has 0 aliphatic rings. The van der Waals surface area contributed by atoms with Crippen LogP contribution in [-0.4, -0.2) is 14.2 Å². The first kappa shape index (κ1) is 16.1. The Hall–Kier alpha value is -0.970. The average Bonchev–Trinajstić information content (AvgIpc) is 2.43. The quantitative estimate of drug-likeness (QED) is 0.596. The number of hydrazine groups is 1. The zero-order valence-corrected chi connectivity index (χ0v) is 12.8. The minimum atomic E-state index is 0.0484. The van der Waals surface area contributed by atoms with Gasteiger partial charge in [-0.1, -0.05) is 38.3 Å². The van der Waals surface area contributed by atoms with Crippen molar-refractivity contribution >= 4 is 11.6 Å². The van der Waals surface area contributed by atoms with Crippen LogP contribution >= 0.6 is 11.6 Å². The number of methoxy groups -OCH3 is 2. The molecule has 1 aromatic rings. The fourth-order valence-corrected chi connectivity index (χ4v) is 2.68. The van der Waals surface area contributed by atoms with Gasteiger partial charge in [0.25, 0.3) is 0 Å². The summed E-state index contributed by atoms with van der Waals surface area (Å²) in [6.45, 7) is 4.31. The van der Waals surface area contributed by atoms with Crippen molar-refractivity contribution in [3.8, 4) is 11.5 Å². The predicted octanol–water partition coefficient (Wildman–Crippen LogP) is 3.30. The van der Waals surface area contributed by atoms with Gasteiger partial charge in [-0.3, -0.25) is 11.3 Å². The fraction of sp³-hybridized carbons (Fsp3) is 0.571. The van der Waals surface area contributed by atoms with Crippen LogP contribution < -0.4 is 20.7 Å². The lowest BCUT2D eigenvalue weighted by molar-refractivity contribution is 0.337. The number of nitrogens with two attached hydrogens (primary N) is 1. The molecule has 0 heterocycles. The molecule has 0 spiro atoms. The van der Waals surface area contributed by atoms with Gasteiger partial charge in [0.05, 0.1) is 19.2 Å². The van der Waals surface area contributed by atoms with E-state index in [-0.39, 0.29) is 6.04 Å². The van der Waals surface area contributed by atoms with E-state index in [4.69, 9.17) is 26.9 Å². The summed E-state index contributed by atoms with van der Waals surface area (Å²) in [4.78, 5) is 0. The van der Waals surface area contributed by atoms with Gasteiger partial charge in [0, 0.05) is 6.04 Å². The van der Waals surface area contributed by atoms with Crippen LogP contribution in [0.15, 0.2) is 12.1 Å². The number of hydrogen-bond donors (Lipinski definition) is 2. The molecule has 0 aliphatic heterocycles. The van der Waals surface area contributed by atoms with Crippen LogP contribution in [0, 0.1) is 5.92 Å². The van der Waals surface area contributed by atoms with E-state index in [0.717, 1.165) is 18.4 Å². The molecule has 0 saturated carbocycles. The number of benzene rings is 1. The van der Waals surface area contributed by atoms with Crippen molar-refractivity contribution in [2.24, 2.45) is 11.8 Å². The van der Waals surface area contributed by atoms with Crippen molar-refractivity contribution in [3.63, 3.8) is 0 Å². The number of rotatable bonds is 7. The molecule has 0 aliphatic carbocycles. The highest BCUT2D eigenvalue weighted by Crippen LogP contribution is 2.39. The van der Waals surface area contributed by atoms with Crippen LogP contribution in [0.1, 0.15) is 38.3 Å². The second kappa shape index (κ2) is 7.58. The van der Waals surface area contributed by atoms with Gasteiger partial charge in [0.1, 0.15) is 0 Å². The summed E-state index contributed by atoms with van der Waals surface area (Å²) < 4.78 is 10.6. The number of hydrogen-bond acceptors (Lipinski definition) is 4. The Balaban J connectivity index is 3.21. The summed E-state index contributed by atoms with van der Waals surface area (Å²) in [6, 6.07) is 3.85. The van der Waals surface area contributed by atoms with Crippen molar-refractivity contribution < 1.29 is 9.47 Å². The minimum absolute atomic E-state index is 0.0484. The monoisotopic (exact) mass is 286 g/mol. The molecule has 4 nitrogen and oxygen atoms in total. The predicted molar refractivity (Wildman–Crippen MR) is 78.7 cm³/mol. The Morgan fingerprint density at radius 2 is 1.84 bits per heavy atom. The third kappa shape index (κ3) is 3.53. The Labute approximate surface area is 120 Å². The van der Waals surface area contributed by atoms with Crippen molar-refractivity contribution in [2.45, 2.75) is 32.7 Å². The van der Waals surface area contributed by atoms with Crippen LogP contribution in [0.4, 0.5) is 0 Å². The summed E-state index contributed by atoms with van der Waals surface area (Å²) in [5.74, 6) is 7.32. The van der Waals surface area contributed by atoms with Gasteiger partial charge in [-0.2, -0.15) is 0 Å². The molecule has 1 aromatic carbocycles. The van der Waals surface area contributed by atoms with Gasteiger partial charge in [0.15, 0.2) is 11.5 Å². The molecule has 0 radical (unpaired) electrons. The average molecular weight is 287 g/mol. The van der Waals surface area contributed by atoms with E-state index >= 15 is 0 Å². The molecule has 0 amide bonds. The molecular weight excluding hydrogens is 264 g/mol. The number of ether oxygens (including phenoxy) is 2. The molecule has 5 heteroatoms. The summed E-state index contributed by atoms with van der Waals surface area (Å²) in [5.41, 5.74) is 3.89. The molecule has 0 fully saturated rings. The first-order chi connectivity index (χ1) is 9.12. The summed E-state index contributed by atoms with van der Waals surface area (Å²) in [5, 5.41) is 0.531. The normalized spacial score (nSPS) is 12.6. The van der Waals surface area contributed by atoms with Gasteiger partial charge in [-0.05, 0) is 23.6 Å². The largest absolute Gasteiger partial charge is 0.493 e. The van der Waals surface area contributed by atoms with Crippen molar-refractivity contribution in [1.29, 1.82) is 0 Å². The molecule has 1 atom stereocenters. The highest BCUT2D eigenvalue weighted by molar-refractivity contribution is 6.32. The molecule has 1 unspecified atom stereocenters. The molecule has 108 valence electrons. The Bertz CT molecular complexity index is 409. The maximum Gasteiger partial charge on any atom is 0.179 e. The molecule has 0 saturated heterocycles. The smallest absolute Gasteiger partial charge is 0.179 e. The Morgan fingerprint density at radius 1 is 1.21 bits per heavy atom. The van der Waals surface area contributed by atoms with E-state index in [2.05, 4.69) is 19.3 Å². The maximum atomic E-state index is 6.23. The second-order valence-corrected chi connectivity index (χ2v) is 4.87. The lowest BCUT2D eigenvalue weighted by Crippen LogP contribution is -2.33. The fourth-order valence-electron chi connectivity index (χ4n) is 2.38. The van der Waals surface area contributed by atoms with Crippen molar-refractivity contribution in [2.75, 3.05) is 14.2 Å². The van der Waals surface area contributed by atoms with Gasteiger partial charge >= 0.3 is 0 Å². The zero-order valence-electron chi connectivity index (χ0n) is 12.0. The second-order valence-electron chi connectivity index (χ2n) is 4.46. The van der Waals surface area contributed by atoms with E-state index in [1.807, 2.05) is 12.1 Å². The molecule has 1 rings (SSSR count). The number of halogens is 1. The van der Waals surface area contributed by atoms with Crippen LogP contribution in [0.3, 0.4) is 0 Å². The van der Waals surface area contributed by atoms with Gasteiger partial charge in [-0.15, -0.1) is 0 Å². The topological polar surface area (TPSA) is 56.5 Å². The summed E-state index contributed by atoms with van der Waals surface area (Å²) in [6.07, 6.45) is 2.08. The highest BCUT2D eigenvalue weighted by atomic mass is 35.5. The lowest BCUT2D eigenvalue weighted by atomic mass is 9.89. The third-order valence-electron chi connectivity index (χ3n) is 3.51.